The monoisotopic (exact) mass is 387 g/mol. The van der Waals surface area contributed by atoms with E-state index in [9.17, 15) is 22.8 Å². The number of aromatic nitrogens is 2. The van der Waals surface area contributed by atoms with Crippen molar-refractivity contribution in [3.63, 3.8) is 0 Å². The number of nitrogens with zero attached hydrogens (tertiary/aromatic N) is 2. The normalized spacial score (nSPS) is 11.3. The van der Waals surface area contributed by atoms with E-state index in [0.29, 0.717) is 11.1 Å². The van der Waals surface area contributed by atoms with Gasteiger partial charge in [0.2, 0.25) is 0 Å². The molecule has 3 aromatic rings. The lowest BCUT2D eigenvalue weighted by molar-refractivity contribution is -0.137. The number of carbonyl (C=O) groups is 1. The summed E-state index contributed by atoms with van der Waals surface area (Å²) in [6.45, 7) is 0.0755. The number of rotatable bonds is 4. The maximum atomic E-state index is 12.6. The van der Waals surface area contributed by atoms with E-state index in [0.717, 1.165) is 18.2 Å². The molecule has 28 heavy (non-hydrogen) atoms. The first-order valence-electron chi connectivity index (χ1n) is 8.32. The summed E-state index contributed by atoms with van der Waals surface area (Å²) in [5.41, 5.74) is -0.0947. The third-order valence-corrected chi connectivity index (χ3v) is 4.06. The van der Waals surface area contributed by atoms with Crippen molar-refractivity contribution in [3.8, 4) is 11.4 Å². The van der Waals surface area contributed by atoms with Crippen LogP contribution in [0.4, 0.5) is 13.2 Å². The summed E-state index contributed by atoms with van der Waals surface area (Å²) < 4.78 is 37.9. The van der Waals surface area contributed by atoms with Crippen LogP contribution < -0.4 is 5.56 Å². The van der Waals surface area contributed by atoms with Gasteiger partial charge in [0.1, 0.15) is 11.5 Å². The minimum Gasteiger partial charge on any atom is -0.336 e. The van der Waals surface area contributed by atoms with Crippen molar-refractivity contribution in [2.75, 3.05) is 7.05 Å². The average Bonchev–Trinajstić information content (AvgIpc) is 2.67. The molecular weight excluding hydrogens is 371 g/mol. The van der Waals surface area contributed by atoms with Crippen molar-refractivity contribution in [2.24, 2.45) is 0 Å². The fraction of sp³-hybridized carbons (Fsp3) is 0.150. The molecule has 1 amide bonds. The van der Waals surface area contributed by atoms with Crippen LogP contribution in [0.15, 0.2) is 65.5 Å². The zero-order chi connectivity index (χ0) is 20.3. The number of nitrogens with one attached hydrogen (secondary N) is 1. The van der Waals surface area contributed by atoms with Gasteiger partial charge < -0.3 is 9.88 Å². The minimum atomic E-state index is -4.41. The summed E-state index contributed by atoms with van der Waals surface area (Å²) in [7, 11) is 1.49. The molecular formula is C20H16F3N3O2. The van der Waals surface area contributed by atoms with Gasteiger partial charge in [-0.25, -0.2) is 4.98 Å². The molecule has 8 heteroatoms. The molecule has 3 rings (SSSR count). The second kappa shape index (κ2) is 7.67. The zero-order valence-corrected chi connectivity index (χ0v) is 14.8. The maximum Gasteiger partial charge on any atom is 0.416 e. The molecule has 0 saturated heterocycles. The van der Waals surface area contributed by atoms with E-state index in [-0.39, 0.29) is 18.1 Å². The van der Waals surface area contributed by atoms with E-state index in [2.05, 4.69) is 9.97 Å². The van der Waals surface area contributed by atoms with Gasteiger partial charge in [0.05, 0.1) is 5.56 Å². The number of aromatic amines is 1. The van der Waals surface area contributed by atoms with E-state index in [1.807, 2.05) is 6.07 Å². The first-order valence-corrected chi connectivity index (χ1v) is 8.32. The highest BCUT2D eigenvalue weighted by molar-refractivity contribution is 5.92. The number of hydrogen-bond donors (Lipinski definition) is 1. The first kappa shape index (κ1) is 19.3. The number of benzene rings is 2. The second-order valence-electron chi connectivity index (χ2n) is 6.20. The number of hydrogen-bond acceptors (Lipinski definition) is 3. The fourth-order valence-electron chi connectivity index (χ4n) is 2.64. The summed E-state index contributed by atoms with van der Waals surface area (Å²) in [4.78, 5) is 32.7. The molecule has 0 spiro atoms. The Labute approximate surface area is 158 Å². The van der Waals surface area contributed by atoms with Gasteiger partial charge in [-0.1, -0.05) is 42.5 Å². The molecule has 0 aliphatic rings. The summed E-state index contributed by atoms with van der Waals surface area (Å²) in [6.07, 6.45) is -4.41. The molecule has 0 fully saturated rings. The molecule has 0 aliphatic heterocycles. The van der Waals surface area contributed by atoms with Crippen molar-refractivity contribution < 1.29 is 18.0 Å². The van der Waals surface area contributed by atoms with Crippen molar-refractivity contribution in [1.29, 1.82) is 0 Å². The van der Waals surface area contributed by atoms with Gasteiger partial charge >= 0.3 is 6.18 Å². The smallest absolute Gasteiger partial charge is 0.336 e. The van der Waals surface area contributed by atoms with Gasteiger partial charge in [0.25, 0.3) is 11.5 Å². The number of halogens is 3. The molecule has 1 N–H and O–H groups in total. The Bertz CT molecular complexity index is 1030. The van der Waals surface area contributed by atoms with Crippen molar-refractivity contribution in [1.82, 2.24) is 14.9 Å². The van der Waals surface area contributed by atoms with Crippen LogP contribution in [0.5, 0.6) is 0 Å². The quantitative estimate of drug-likeness (QED) is 0.742. The van der Waals surface area contributed by atoms with Crippen molar-refractivity contribution in [2.45, 2.75) is 12.7 Å². The molecule has 0 unspecified atom stereocenters. The molecule has 0 saturated carbocycles. The number of carbonyl (C=O) groups excluding carboxylic acids is 1. The molecule has 1 aromatic heterocycles. The van der Waals surface area contributed by atoms with Gasteiger partial charge in [-0.3, -0.25) is 9.59 Å². The van der Waals surface area contributed by atoms with Crippen LogP contribution in [0.2, 0.25) is 0 Å². The maximum absolute atomic E-state index is 12.6. The molecule has 0 radical (unpaired) electrons. The third-order valence-electron chi connectivity index (χ3n) is 4.06. The second-order valence-corrected chi connectivity index (χ2v) is 6.20. The van der Waals surface area contributed by atoms with Gasteiger partial charge in [-0.2, -0.15) is 13.2 Å². The molecule has 1 heterocycles. The number of H-pyrrole nitrogens is 1. The van der Waals surface area contributed by atoms with Crippen LogP contribution in [0, 0.1) is 0 Å². The molecule has 5 nitrogen and oxygen atoms in total. The largest absolute Gasteiger partial charge is 0.416 e. The third kappa shape index (κ3) is 4.46. The molecule has 0 atom stereocenters. The van der Waals surface area contributed by atoms with E-state index in [4.69, 9.17) is 0 Å². The SMILES string of the molecule is CN(Cc1ccc(C(F)(F)F)cc1)C(=O)c1cc(=O)[nH]c(-c2ccccc2)n1. The lowest BCUT2D eigenvalue weighted by Crippen LogP contribution is -2.28. The standard InChI is InChI=1S/C20H16F3N3O2/c1-26(12-13-7-9-15(10-8-13)20(21,22)23)19(28)16-11-17(27)25-18(24-16)14-5-3-2-4-6-14/h2-11H,12H2,1H3,(H,24,25,27). The molecule has 144 valence electrons. The zero-order valence-electron chi connectivity index (χ0n) is 14.8. The fourth-order valence-corrected chi connectivity index (χ4v) is 2.64. The Morgan fingerprint density at radius 2 is 1.71 bits per heavy atom. The van der Waals surface area contributed by atoms with E-state index in [1.54, 1.807) is 24.3 Å². The Morgan fingerprint density at radius 3 is 2.32 bits per heavy atom. The van der Waals surface area contributed by atoms with Crippen LogP contribution >= 0.6 is 0 Å². The van der Waals surface area contributed by atoms with Gasteiger partial charge in [-0.05, 0) is 17.7 Å². The number of amides is 1. The van der Waals surface area contributed by atoms with Crippen LogP contribution in [-0.2, 0) is 12.7 Å². The first-order chi connectivity index (χ1) is 13.2. The average molecular weight is 387 g/mol. The Balaban J connectivity index is 1.80. The lowest BCUT2D eigenvalue weighted by atomic mass is 10.1. The molecule has 0 bridgehead atoms. The lowest BCUT2D eigenvalue weighted by Gasteiger charge is -2.17. The predicted molar refractivity (Wildman–Crippen MR) is 97.5 cm³/mol. The van der Waals surface area contributed by atoms with Gasteiger partial charge in [0.15, 0.2) is 0 Å². The Kier molecular flexibility index (Phi) is 5.30. The highest BCUT2D eigenvalue weighted by Crippen LogP contribution is 2.29. The van der Waals surface area contributed by atoms with Gasteiger partial charge in [0, 0.05) is 25.2 Å². The minimum absolute atomic E-state index is 0.0444. The highest BCUT2D eigenvalue weighted by Gasteiger charge is 2.30. The summed E-state index contributed by atoms with van der Waals surface area (Å²) >= 11 is 0. The van der Waals surface area contributed by atoms with Crippen molar-refractivity contribution in [3.05, 3.63) is 87.8 Å². The highest BCUT2D eigenvalue weighted by atomic mass is 19.4. The summed E-state index contributed by atoms with van der Waals surface area (Å²) in [5.74, 6) is -0.248. The van der Waals surface area contributed by atoms with E-state index in [1.165, 1.54) is 24.1 Å². The van der Waals surface area contributed by atoms with Crippen LogP contribution in [0.25, 0.3) is 11.4 Å². The van der Waals surface area contributed by atoms with Crippen LogP contribution in [0.1, 0.15) is 21.6 Å². The molecule has 0 aliphatic carbocycles. The van der Waals surface area contributed by atoms with Crippen molar-refractivity contribution >= 4 is 5.91 Å². The van der Waals surface area contributed by atoms with Crippen LogP contribution in [0.3, 0.4) is 0 Å². The number of alkyl halides is 3. The predicted octanol–water partition coefficient (Wildman–Crippen LogP) is 3.73. The molecule has 2 aromatic carbocycles. The van der Waals surface area contributed by atoms with Gasteiger partial charge in [-0.15, -0.1) is 0 Å². The Hall–Kier alpha value is -3.42. The van der Waals surface area contributed by atoms with Crippen LogP contribution in [-0.4, -0.2) is 27.8 Å². The summed E-state index contributed by atoms with van der Waals surface area (Å²) in [5, 5.41) is 0. The van der Waals surface area contributed by atoms with E-state index < -0.39 is 23.2 Å². The summed E-state index contributed by atoms with van der Waals surface area (Å²) in [6, 6.07) is 14.5. The van der Waals surface area contributed by atoms with E-state index >= 15 is 0 Å². The topological polar surface area (TPSA) is 66.1 Å². The Morgan fingerprint density at radius 1 is 1.07 bits per heavy atom.